The fourth-order valence-corrected chi connectivity index (χ4v) is 2.96. The molecule has 1 aromatic rings. The molecule has 2 amide bonds. The number of carbonyl (C=O) groups excluding carboxylic acids is 2. The maximum atomic E-state index is 13.2. The van der Waals surface area contributed by atoms with Crippen molar-refractivity contribution < 1.29 is 18.4 Å². The van der Waals surface area contributed by atoms with Gasteiger partial charge in [0.15, 0.2) is 0 Å². The molecule has 24 heavy (non-hydrogen) atoms. The van der Waals surface area contributed by atoms with Gasteiger partial charge in [-0.05, 0) is 31.0 Å². The average Bonchev–Trinajstić information content (AvgIpc) is 2.88. The van der Waals surface area contributed by atoms with Crippen LogP contribution < -0.4 is 15.5 Å². The molecule has 0 radical (unpaired) electrons. The third-order valence-corrected chi connectivity index (χ3v) is 4.18. The first-order valence-electron chi connectivity index (χ1n) is 7.77. The van der Waals surface area contributed by atoms with Crippen LogP contribution >= 0.6 is 12.4 Å². The fraction of sp³-hybridized carbons (Fsp3) is 0.500. The molecule has 0 spiro atoms. The second-order valence-corrected chi connectivity index (χ2v) is 6.04. The van der Waals surface area contributed by atoms with Crippen LogP contribution in [0.1, 0.15) is 25.7 Å². The zero-order valence-electron chi connectivity index (χ0n) is 13.1. The van der Waals surface area contributed by atoms with Crippen molar-refractivity contribution in [3.63, 3.8) is 0 Å². The highest BCUT2D eigenvalue weighted by atomic mass is 35.5. The smallest absolute Gasteiger partial charge is 0.262 e. The van der Waals surface area contributed by atoms with Crippen LogP contribution in [-0.4, -0.2) is 36.9 Å². The van der Waals surface area contributed by atoms with E-state index in [9.17, 15) is 18.4 Å². The van der Waals surface area contributed by atoms with Gasteiger partial charge in [0, 0.05) is 30.8 Å². The molecule has 2 N–H and O–H groups in total. The van der Waals surface area contributed by atoms with E-state index >= 15 is 0 Å². The number of benzene rings is 1. The first-order chi connectivity index (χ1) is 10.9. The van der Waals surface area contributed by atoms with Crippen LogP contribution in [0.15, 0.2) is 24.3 Å². The summed E-state index contributed by atoms with van der Waals surface area (Å²) in [4.78, 5) is 25.7. The summed E-state index contributed by atoms with van der Waals surface area (Å²) in [5.41, 5.74) is 1.22. The van der Waals surface area contributed by atoms with Crippen molar-refractivity contribution in [3.05, 3.63) is 24.3 Å². The van der Waals surface area contributed by atoms with E-state index in [1.807, 2.05) is 0 Å². The average molecular weight is 360 g/mol. The summed E-state index contributed by atoms with van der Waals surface area (Å²) < 4.78 is 26.3. The van der Waals surface area contributed by atoms with E-state index in [2.05, 4.69) is 10.6 Å². The Balaban J connectivity index is 0.00000208. The minimum Gasteiger partial charge on any atom is -0.325 e. The first kappa shape index (κ1) is 18.6. The molecule has 5 nitrogen and oxygen atoms in total. The van der Waals surface area contributed by atoms with E-state index in [0.29, 0.717) is 18.7 Å². The molecule has 2 fully saturated rings. The van der Waals surface area contributed by atoms with E-state index in [0.717, 1.165) is 18.5 Å². The van der Waals surface area contributed by atoms with Crippen LogP contribution in [0, 0.1) is 0 Å². The minimum absolute atomic E-state index is 0. The Morgan fingerprint density at radius 2 is 2.12 bits per heavy atom. The highest BCUT2D eigenvalue weighted by Crippen LogP contribution is 2.27. The number of alkyl halides is 2. The van der Waals surface area contributed by atoms with Crippen molar-refractivity contribution in [1.82, 2.24) is 5.32 Å². The Kier molecular flexibility index (Phi) is 5.77. The maximum absolute atomic E-state index is 13.2. The zero-order valence-corrected chi connectivity index (χ0v) is 13.9. The number of rotatable bonds is 3. The predicted molar refractivity (Wildman–Crippen MR) is 89.9 cm³/mol. The summed E-state index contributed by atoms with van der Waals surface area (Å²) in [6.45, 7) is 0.181. The molecule has 2 heterocycles. The molecule has 0 aromatic heterocycles. The van der Waals surface area contributed by atoms with E-state index in [1.54, 1.807) is 29.2 Å². The summed E-state index contributed by atoms with van der Waals surface area (Å²) in [6.07, 6.45) is 1.87. The normalized spacial score (nSPS) is 22.8. The minimum atomic E-state index is -2.84. The Morgan fingerprint density at radius 3 is 2.79 bits per heavy atom. The number of carbonyl (C=O) groups is 2. The van der Waals surface area contributed by atoms with Crippen molar-refractivity contribution >= 4 is 35.6 Å². The lowest BCUT2D eigenvalue weighted by Gasteiger charge is -2.27. The van der Waals surface area contributed by atoms with Gasteiger partial charge in [0.05, 0.1) is 12.6 Å². The molecule has 3 rings (SSSR count). The largest absolute Gasteiger partial charge is 0.325 e. The Bertz CT molecular complexity index is 627. The van der Waals surface area contributed by atoms with Crippen molar-refractivity contribution in [3.8, 4) is 0 Å². The molecule has 1 aromatic carbocycles. The quantitative estimate of drug-likeness (QED) is 0.872. The SMILES string of the molecule is Cl.O=C(Nc1cccc(N2CCCCC2=O)c1)C1CC(F)(F)CN1. The lowest BCUT2D eigenvalue weighted by Crippen LogP contribution is -2.36. The van der Waals surface area contributed by atoms with Gasteiger partial charge in [0.25, 0.3) is 5.92 Å². The van der Waals surface area contributed by atoms with Gasteiger partial charge in [-0.25, -0.2) is 8.78 Å². The number of amides is 2. The van der Waals surface area contributed by atoms with Crippen LogP contribution in [0.25, 0.3) is 0 Å². The van der Waals surface area contributed by atoms with Gasteiger partial charge in [0.1, 0.15) is 0 Å². The van der Waals surface area contributed by atoms with Crippen molar-refractivity contribution in [2.75, 3.05) is 23.3 Å². The van der Waals surface area contributed by atoms with Crippen LogP contribution in [0.2, 0.25) is 0 Å². The topological polar surface area (TPSA) is 61.4 Å². The molecule has 2 aliphatic rings. The Morgan fingerprint density at radius 1 is 1.33 bits per heavy atom. The fourth-order valence-electron chi connectivity index (χ4n) is 2.96. The van der Waals surface area contributed by atoms with E-state index in [1.165, 1.54) is 0 Å². The summed E-state index contributed by atoms with van der Waals surface area (Å²) in [6, 6.07) is 6.03. The predicted octanol–water partition coefficient (Wildman–Crippen LogP) is 2.56. The monoisotopic (exact) mass is 359 g/mol. The molecule has 132 valence electrons. The first-order valence-corrected chi connectivity index (χ1v) is 7.77. The second kappa shape index (κ2) is 7.44. The molecule has 8 heteroatoms. The number of piperidine rings is 1. The van der Waals surface area contributed by atoms with E-state index < -0.39 is 30.8 Å². The Labute approximate surface area is 145 Å². The van der Waals surface area contributed by atoms with Crippen LogP contribution in [0.4, 0.5) is 20.2 Å². The van der Waals surface area contributed by atoms with Gasteiger partial charge >= 0.3 is 0 Å². The molecule has 1 atom stereocenters. The van der Waals surface area contributed by atoms with Gasteiger partial charge in [-0.3, -0.25) is 14.9 Å². The standard InChI is InChI=1S/C16H19F2N3O2.ClH/c17-16(18)9-13(19-10-16)15(23)20-11-4-3-5-12(8-11)21-7-2-1-6-14(21)22;/h3-5,8,13,19H,1-2,6-7,9-10H2,(H,20,23);1H. The highest BCUT2D eigenvalue weighted by Gasteiger charge is 2.42. The van der Waals surface area contributed by atoms with Crippen molar-refractivity contribution in [2.24, 2.45) is 0 Å². The number of hydrogen-bond donors (Lipinski definition) is 2. The lowest BCUT2D eigenvalue weighted by atomic mass is 10.1. The van der Waals surface area contributed by atoms with Gasteiger partial charge in [-0.2, -0.15) is 0 Å². The van der Waals surface area contributed by atoms with Crippen molar-refractivity contribution in [2.45, 2.75) is 37.6 Å². The number of hydrogen-bond acceptors (Lipinski definition) is 3. The molecular weight excluding hydrogens is 340 g/mol. The molecule has 0 bridgehead atoms. The van der Waals surface area contributed by atoms with Gasteiger partial charge in [0.2, 0.25) is 11.8 Å². The van der Waals surface area contributed by atoms with Crippen LogP contribution in [0.5, 0.6) is 0 Å². The summed E-state index contributed by atoms with van der Waals surface area (Å²) >= 11 is 0. The molecular formula is C16H20ClF2N3O2. The van der Waals surface area contributed by atoms with E-state index in [-0.39, 0.29) is 18.3 Å². The molecule has 0 aliphatic carbocycles. The lowest BCUT2D eigenvalue weighted by molar-refractivity contribution is -0.119. The number of anilines is 2. The third kappa shape index (κ3) is 4.21. The number of nitrogens with one attached hydrogen (secondary N) is 2. The molecule has 0 saturated carbocycles. The summed E-state index contributed by atoms with van der Waals surface area (Å²) in [5.74, 6) is -3.26. The number of halogens is 3. The molecule has 2 aliphatic heterocycles. The Hall–Kier alpha value is -1.73. The van der Waals surface area contributed by atoms with Crippen molar-refractivity contribution in [1.29, 1.82) is 0 Å². The van der Waals surface area contributed by atoms with Crippen LogP contribution in [0.3, 0.4) is 0 Å². The third-order valence-electron chi connectivity index (χ3n) is 4.18. The highest BCUT2D eigenvalue weighted by molar-refractivity contribution is 5.97. The second-order valence-electron chi connectivity index (χ2n) is 6.04. The molecule has 2 saturated heterocycles. The molecule has 1 unspecified atom stereocenters. The zero-order chi connectivity index (χ0) is 16.4. The van der Waals surface area contributed by atoms with E-state index in [4.69, 9.17) is 0 Å². The van der Waals surface area contributed by atoms with Gasteiger partial charge < -0.3 is 10.2 Å². The van der Waals surface area contributed by atoms with Gasteiger partial charge in [-0.1, -0.05) is 6.07 Å². The number of nitrogens with zero attached hydrogens (tertiary/aromatic N) is 1. The summed E-state index contributed by atoms with van der Waals surface area (Å²) in [7, 11) is 0. The van der Waals surface area contributed by atoms with Crippen LogP contribution in [-0.2, 0) is 9.59 Å². The van der Waals surface area contributed by atoms with Gasteiger partial charge in [-0.15, -0.1) is 12.4 Å². The summed E-state index contributed by atoms with van der Waals surface area (Å²) in [5, 5.41) is 5.17. The maximum Gasteiger partial charge on any atom is 0.262 e.